The van der Waals surface area contributed by atoms with Crippen molar-refractivity contribution < 1.29 is 18.4 Å². The zero-order valence-electron chi connectivity index (χ0n) is 19.6. The molecule has 1 saturated heterocycles. The predicted octanol–water partition coefficient (Wildman–Crippen LogP) is 4.50. The van der Waals surface area contributed by atoms with Gasteiger partial charge in [0, 0.05) is 48.7 Å². The number of anilines is 1. The van der Waals surface area contributed by atoms with Gasteiger partial charge in [0.2, 0.25) is 5.91 Å². The molecule has 2 aliphatic rings. The number of nitrogens with zero attached hydrogens (tertiary/aromatic N) is 4. The van der Waals surface area contributed by atoms with Gasteiger partial charge in [0.1, 0.15) is 22.7 Å². The monoisotopic (exact) mass is 517 g/mol. The van der Waals surface area contributed by atoms with E-state index in [4.69, 9.17) is 5.73 Å². The zero-order valence-corrected chi connectivity index (χ0v) is 20.4. The number of halogens is 2. The molecule has 2 aliphatic heterocycles. The fourth-order valence-corrected chi connectivity index (χ4v) is 6.59. The fraction of sp³-hybridized carbons (Fsp3) is 0.222. The van der Waals surface area contributed by atoms with Crippen molar-refractivity contribution in [1.82, 2.24) is 14.4 Å². The van der Waals surface area contributed by atoms with E-state index in [9.17, 15) is 19.2 Å². The Kier molecular flexibility index (Phi) is 5.28. The molecular formula is C27H21F2N5O2S. The summed E-state index contributed by atoms with van der Waals surface area (Å²) in [5, 5.41) is 10.6. The van der Waals surface area contributed by atoms with Crippen molar-refractivity contribution in [3.8, 4) is 17.2 Å². The summed E-state index contributed by atoms with van der Waals surface area (Å²) in [7, 11) is 0. The van der Waals surface area contributed by atoms with Crippen molar-refractivity contribution in [3.63, 3.8) is 0 Å². The summed E-state index contributed by atoms with van der Waals surface area (Å²) in [4.78, 5) is 29.3. The molecule has 0 bridgehead atoms. The van der Waals surface area contributed by atoms with Crippen LogP contribution >= 0.6 is 11.3 Å². The number of rotatable bonds is 2. The Hall–Kier alpha value is -4.23. The van der Waals surface area contributed by atoms with Gasteiger partial charge in [-0.25, -0.2) is 8.78 Å². The lowest BCUT2D eigenvalue weighted by Crippen LogP contribution is -2.57. The Balaban J connectivity index is 1.54. The molecule has 4 heterocycles. The Morgan fingerprint density at radius 1 is 1.19 bits per heavy atom. The van der Waals surface area contributed by atoms with E-state index in [0.29, 0.717) is 49.1 Å². The van der Waals surface area contributed by atoms with Crippen molar-refractivity contribution >= 4 is 49.1 Å². The normalized spacial score (nSPS) is 17.4. The summed E-state index contributed by atoms with van der Waals surface area (Å²) in [6, 6.07) is 7.51. The minimum atomic E-state index is -0.646. The number of fused-ring (bicyclic) bond motifs is 2. The van der Waals surface area contributed by atoms with E-state index in [0.717, 1.165) is 11.3 Å². The molecule has 1 atom stereocenters. The third kappa shape index (κ3) is 3.34. The number of amides is 2. The number of piperazine rings is 1. The van der Waals surface area contributed by atoms with Gasteiger partial charge >= 0.3 is 0 Å². The molecular weight excluding hydrogens is 496 g/mol. The first-order chi connectivity index (χ1) is 17.8. The molecule has 37 heavy (non-hydrogen) atoms. The molecule has 0 unspecified atom stereocenters. The molecule has 0 spiro atoms. The Morgan fingerprint density at radius 3 is 2.76 bits per heavy atom. The van der Waals surface area contributed by atoms with E-state index < -0.39 is 11.6 Å². The van der Waals surface area contributed by atoms with Crippen molar-refractivity contribution in [3.05, 3.63) is 65.9 Å². The van der Waals surface area contributed by atoms with Crippen LogP contribution in [-0.2, 0) is 11.3 Å². The molecule has 2 N–H and O–H groups in total. The number of benzene rings is 2. The first kappa shape index (κ1) is 23.2. The zero-order chi connectivity index (χ0) is 26.0. The largest absolute Gasteiger partial charge is 0.389 e. The maximum absolute atomic E-state index is 16.0. The smallest absolute Gasteiger partial charge is 0.256 e. The van der Waals surface area contributed by atoms with Crippen LogP contribution in [0.3, 0.4) is 0 Å². The highest BCUT2D eigenvalue weighted by Gasteiger charge is 2.36. The molecule has 2 aromatic heterocycles. The number of aryl methyl sites for hydroxylation is 1. The van der Waals surface area contributed by atoms with E-state index in [1.54, 1.807) is 15.9 Å². The van der Waals surface area contributed by atoms with Crippen LogP contribution in [0.4, 0.5) is 13.8 Å². The van der Waals surface area contributed by atoms with E-state index in [-0.39, 0.29) is 49.6 Å². The molecule has 4 aromatic rings. The van der Waals surface area contributed by atoms with E-state index in [1.807, 2.05) is 16.8 Å². The number of nitriles is 1. The second kappa shape index (κ2) is 8.42. The number of carbonyl (C=O) groups is 2. The Morgan fingerprint density at radius 2 is 2.00 bits per heavy atom. The number of hydrogen-bond acceptors (Lipinski definition) is 5. The highest BCUT2D eigenvalue weighted by atomic mass is 32.1. The second-order valence-electron chi connectivity index (χ2n) is 9.23. The highest BCUT2D eigenvalue weighted by molar-refractivity contribution is 7.23. The van der Waals surface area contributed by atoms with Crippen LogP contribution in [0.15, 0.2) is 43.1 Å². The quantitative estimate of drug-likeness (QED) is 0.396. The first-order valence-electron chi connectivity index (χ1n) is 11.8. The lowest BCUT2D eigenvalue weighted by Gasteiger charge is -2.42. The second-order valence-corrected chi connectivity index (χ2v) is 10.3. The summed E-state index contributed by atoms with van der Waals surface area (Å²) < 4.78 is 32.7. The van der Waals surface area contributed by atoms with Gasteiger partial charge in [0.15, 0.2) is 0 Å². The Labute approximate surface area is 214 Å². The number of nitrogens with two attached hydrogens (primary N) is 1. The van der Waals surface area contributed by atoms with Gasteiger partial charge in [-0.3, -0.25) is 9.59 Å². The molecule has 0 radical (unpaired) electrons. The van der Waals surface area contributed by atoms with Crippen LogP contribution in [0, 0.1) is 23.0 Å². The minimum absolute atomic E-state index is 0.109. The molecule has 0 aliphatic carbocycles. The third-order valence-electron chi connectivity index (χ3n) is 7.36. The lowest BCUT2D eigenvalue weighted by molar-refractivity contribution is -0.128. The van der Waals surface area contributed by atoms with Gasteiger partial charge in [-0.15, -0.1) is 11.3 Å². The average Bonchev–Trinajstić information content (AvgIpc) is 3.47. The van der Waals surface area contributed by atoms with Crippen LogP contribution in [0.25, 0.3) is 32.1 Å². The van der Waals surface area contributed by atoms with Gasteiger partial charge < -0.3 is 20.1 Å². The van der Waals surface area contributed by atoms with Crippen molar-refractivity contribution in [2.45, 2.75) is 19.0 Å². The fourth-order valence-electron chi connectivity index (χ4n) is 5.64. The molecule has 10 heteroatoms. The lowest BCUT2D eigenvalue weighted by atomic mass is 9.93. The summed E-state index contributed by atoms with van der Waals surface area (Å²) >= 11 is 0.954. The maximum Gasteiger partial charge on any atom is 0.256 e. The van der Waals surface area contributed by atoms with Gasteiger partial charge in [-0.2, -0.15) is 5.26 Å². The van der Waals surface area contributed by atoms with Crippen LogP contribution in [0.2, 0.25) is 0 Å². The van der Waals surface area contributed by atoms with Crippen LogP contribution in [0.1, 0.15) is 22.3 Å². The van der Waals surface area contributed by atoms with Gasteiger partial charge in [0.25, 0.3) is 5.91 Å². The third-order valence-corrected chi connectivity index (χ3v) is 8.39. The molecule has 6 rings (SSSR count). The highest BCUT2D eigenvalue weighted by Crippen LogP contribution is 2.44. The summed E-state index contributed by atoms with van der Waals surface area (Å²) in [5.41, 5.74) is 7.48. The van der Waals surface area contributed by atoms with Crippen molar-refractivity contribution in [1.29, 1.82) is 5.26 Å². The minimum Gasteiger partial charge on any atom is -0.389 e. The van der Waals surface area contributed by atoms with Crippen LogP contribution in [0.5, 0.6) is 0 Å². The van der Waals surface area contributed by atoms with Gasteiger partial charge in [-0.1, -0.05) is 12.6 Å². The van der Waals surface area contributed by atoms with Crippen LogP contribution in [-0.4, -0.2) is 51.9 Å². The molecule has 1 fully saturated rings. The van der Waals surface area contributed by atoms with E-state index in [1.165, 1.54) is 24.3 Å². The number of hydrogen-bond donors (Lipinski definition) is 1. The topological polar surface area (TPSA) is 95.4 Å². The maximum atomic E-state index is 16.0. The SMILES string of the molecule is C=CC(=O)N1CCN2C(=O)c3cc(F)c(-c4ccc(F)c5sc(N)c(C#N)c45)c4ccn(c34)CC[C@@H]2C1. The number of nitrogen functional groups attached to an aromatic ring is 1. The predicted molar refractivity (Wildman–Crippen MR) is 138 cm³/mol. The summed E-state index contributed by atoms with van der Waals surface area (Å²) in [6.07, 6.45) is 3.69. The van der Waals surface area contributed by atoms with Gasteiger partial charge in [-0.05, 0) is 36.3 Å². The number of carbonyl (C=O) groups excluding carboxylic acids is 2. The van der Waals surface area contributed by atoms with E-state index >= 15 is 4.39 Å². The standard InChI is InChI=1S/C27H21F2N5O2S/c1-2-21(35)33-9-10-34-14(13-33)5-7-32-8-6-16-22(20(29)11-17(24(16)32)27(34)36)15-3-4-19(28)25-23(15)18(12-30)26(31)37-25/h2-4,6,8,11,14H,1,5,7,9-10,13,31H2/t14-/m1/s1. The summed E-state index contributed by atoms with van der Waals surface area (Å²) in [6.45, 7) is 5.22. The molecule has 0 saturated carbocycles. The van der Waals surface area contributed by atoms with Gasteiger partial charge in [0.05, 0.1) is 27.4 Å². The summed E-state index contributed by atoms with van der Waals surface area (Å²) in [5.74, 6) is -1.65. The average molecular weight is 518 g/mol. The molecule has 7 nitrogen and oxygen atoms in total. The van der Waals surface area contributed by atoms with Crippen molar-refractivity contribution in [2.24, 2.45) is 0 Å². The molecule has 2 amide bonds. The van der Waals surface area contributed by atoms with Crippen molar-refractivity contribution in [2.75, 3.05) is 25.4 Å². The van der Waals surface area contributed by atoms with E-state index in [2.05, 4.69) is 6.58 Å². The van der Waals surface area contributed by atoms with Crippen LogP contribution < -0.4 is 5.73 Å². The molecule has 2 aromatic carbocycles. The number of thiophene rings is 1. The first-order valence-corrected chi connectivity index (χ1v) is 12.6. The Bertz CT molecular complexity index is 1700. The molecule has 186 valence electrons. The number of aromatic nitrogens is 1.